The fourth-order valence-corrected chi connectivity index (χ4v) is 3.12. The zero-order valence-electron chi connectivity index (χ0n) is 14.7. The standard InChI is InChI=1S/C19H30N2O3/c1-24-13-7-3-6-10-19(23)21-12-11-20(15-18(22)16-21)14-17-8-4-2-5-9-17/h2,4-5,8-9,18,22H,3,6-7,10-16H2,1H3/t18-/m1/s1. The Bertz CT molecular complexity index is 481. The van der Waals surface area contributed by atoms with Crippen LogP contribution in [0.2, 0.25) is 0 Å². The van der Waals surface area contributed by atoms with Gasteiger partial charge in [0.15, 0.2) is 0 Å². The predicted molar refractivity (Wildman–Crippen MR) is 94.6 cm³/mol. The lowest BCUT2D eigenvalue weighted by Gasteiger charge is -2.22. The molecule has 0 bridgehead atoms. The Morgan fingerprint density at radius 1 is 1.17 bits per heavy atom. The van der Waals surface area contributed by atoms with E-state index in [4.69, 9.17) is 4.74 Å². The first-order valence-corrected chi connectivity index (χ1v) is 8.90. The number of nitrogens with zero attached hydrogens (tertiary/aromatic N) is 2. The number of hydrogen-bond acceptors (Lipinski definition) is 4. The molecule has 1 aromatic rings. The van der Waals surface area contributed by atoms with Gasteiger partial charge in [-0.05, 0) is 18.4 Å². The van der Waals surface area contributed by atoms with Crippen LogP contribution < -0.4 is 0 Å². The molecule has 1 aliphatic rings. The monoisotopic (exact) mass is 334 g/mol. The van der Waals surface area contributed by atoms with Gasteiger partial charge in [0.2, 0.25) is 5.91 Å². The highest BCUT2D eigenvalue weighted by molar-refractivity contribution is 5.76. The topological polar surface area (TPSA) is 53.0 Å². The molecule has 1 N–H and O–H groups in total. The SMILES string of the molecule is COCCCCCC(=O)N1CCN(Cc2ccccc2)C[C@@H](O)C1. The smallest absolute Gasteiger partial charge is 0.222 e. The molecule has 0 unspecified atom stereocenters. The third-order valence-electron chi connectivity index (χ3n) is 4.43. The fourth-order valence-electron chi connectivity index (χ4n) is 3.12. The number of β-amino-alcohol motifs (C(OH)–C–C–N with tert-alkyl or cyclic N) is 1. The number of rotatable bonds is 8. The van der Waals surface area contributed by atoms with Gasteiger partial charge < -0.3 is 14.7 Å². The minimum Gasteiger partial charge on any atom is -0.390 e. The summed E-state index contributed by atoms with van der Waals surface area (Å²) in [4.78, 5) is 16.4. The lowest BCUT2D eigenvalue weighted by Crippen LogP contribution is -2.37. The minimum atomic E-state index is -0.478. The number of methoxy groups -OCH3 is 1. The summed E-state index contributed by atoms with van der Waals surface area (Å²) in [5.41, 5.74) is 1.24. The Kier molecular flexibility index (Phi) is 8.22. The molecule has 1 heterocycles. The summed E-state index contributed by atoms with van der Waals surface area (Å²) in [6.07, 6.45) is 2.99. The second kappa shape index (κ2) is 10.4. The summed E-state index contributed by atoms with van der Waals surface area (Å²) in [7, 11) is 1.70. The molecule has 1 fully saturated rings. The highest BCUT2D eigenvalue weighted by Gasteiger charge is 2.24. The molecule has 0 saturated carbocycles. The van der Waals surface area contributed by atoms with E-state index in [2.05, 4.69) is 17.0 Å². The van der Waals surface area contributed by atoms with Crippen LogP contribution in [0.15, 0.2) is 30.3 Å². The van der Waals surface area contributed by atoms with E-state index in [0.29, 0.717) is 26.1 Å². The van der Waals surface area contributed by atoms with Crippen molar-refractivity contribution in [2.75, 3.05) is 39.9 Å². The molecular weight excluding hydrogens is 304 g/mol. The zero-order chi connectivity index (χ0) is 17.2. The Balaban J connectivity index is 1.77. The van der Waals surface area contributed by atoms with Crippen molar-refractivity contribution in [1.82, 2.24) is 9.80 Å². The quantitative estimate of drug-likeness (QED) is 0.738. The van der Waals surface area contributed by atoms with Gasteiger partial charge in [0.1, 0.15) is 0 Å². The van der Waals surface area contributed by atoms with Crippen molar-refractivity contribution in [3.8, 4) is 0 Å². The molecule has 24 heavy (non-hydrogen) atoms. The maximum absolute atomic E-state index is 12.4. The Morgan fingerprint density at radius 3 is 2.71 bits per heavy atom. The molecular formula is C19H30N2O3. The molecule has 0 radical (unpaired) electrons. The van der Waals surface area contributed by atoms with Gasteiger partial charge in [-0.25, -0.2) is 0 Å². The van der Waals surface area contributed by atoms with Crippen molar-refractivity contribution >= 4 is 5.91 Å². The second-order valence-electron chi connectivity index (χ2n) is 6.52. The molecule has 1 amide bonds. The fraction of sp³-hybridized carbons (Fsp3) is 0.632. The van der Waals surface area contributed by atoms with Crippen LogP contribution in [0.3, 0.4) is 0 Å². The Labute approximate surface area is 145 Å². The van der Waals surface area contributed by atoms with E-state index in [1.54, 1.807) is 7.11 Å². The van der Waals surface area contributed by atoms with Crippen molar-refractivity contribution in [1.29, 1.82) is 0 Å². The molecule has 134 valence electrons. The number of amides is 1. The predicted octanol–water partition coefficient (Wildman–Crippen LogP) is 1.90. The van der Waals surface area contributed by atoms with Gasteiger partial charge in [0, 0.05) is 52.9 Å². The molecule has 5 nitrogen and oxygen atoms in total. The third-order valence-corrected chi connectivity index (χ3v) is 4.43. The van der Waals surface area contributed by atoms with Crippen molar-refractivity contribution in [3.63, 3.8) is 0 Å². The summed E-state index contributed by atoms with van der Waals surface area (Å²) < 4.78 is 5.02. The lowest BCUT2D eigenvalue weighted by molar-refractivity contribution is -0.132. The van der Waals surface area contributed by atoms with E-state index in [9.17, 15) is 9.90 Å². The average molecular weight is 334 g/mol. The van der Waals surface area contributed by atoms with Crippen LogP contribution in [-0.2, 0) is 16.1 Å². The van der Waals surface area contributed by atoms with Crippen molar-refractivity contribution in [3.05, 3.63) is 35.9 Å². The van der Waals surface area contributed by atoms with Gasteiger partial charge in [-0.15, -0.1) is 0 Å². The highest BCUT2D eigenvalue weighted by atomic mass is 16.5. The molecule has 0 aromatic heterocycles. The molecule has 1 aromatic carbocycles. The van der Waals surface area contributed by atoms with Crippen LogP contribution in [0.25, 0.3) is 0 Å². The number of benzene rings is 1. The van der Waals surface area contributed by atoms with Crippen LogP contribution in [0.1, 0.15) is 31.2 Å². The lowest BCUT2D eigenvalue weighted by atomic mass is 10.2. The number of ether oxygens (including phenoxy) is 1. The molecule has 1 atom stereocenters. The Hall–Kier alpha value is -1.43. The average Bonchev–Trinajstić information content (AvgIpc) is 2.77. The Morgan fingerprint density at radius 2 is 1.96 bits per heavy atom. The second-order valence-corrected chi connectivity index (χ2v) is 6.52. The first kappa shape index (κ1) is 18.9. The van der Waals surface area contributed by atoms with E-state index in [1.165, 1.54) is 5.56 Å². The van der Waals surface area contributed by atoms with Gasteiger partial charge in [0.05, 0.1) is 6.10 Å². The van der Waals surface area contributed by atoms with Crippen molar-refractivity contribution < 1.29 is 14.6 Å². The van der Waals surface area contributed by atoms with E-state index in [1.807, 2.05) is 23.1 Å². The number of hydrogen-bond donors (Lipinski definition) is 1. The molecule has 1 saturated heterocycles. The van der Waals surface area contributed by atoms with Crippen LogP contribution >= 0.6 is 0 Å². The summed E-state index contributed by atoms with van der Waals surface area (Å²) in [6, 6.07) is 10.3. The van der Waals surface area contributed by atoms with Gasteiger partial charge in [-0.1, -0.05) is 36.8 Å². The van der Waals surface area contributed by atoms with Gasteiger partial charge in [-0.2, -0.15) is 0 Å². The van der Waals surface area contributed by atoms with E-state index < -0.39 is 6.10 Å². The van der Waals surface area contributed by atoms with Crippen LogP contribution in [0.5, 0.6) is 0 Å². The molecule has 5 heteroatoms. The van der Waals surface area contributed by atoms with Crippen molar-refractivity contribution in [2.24, 2.45) is 0 Å². The maximum atomic E-state index is 12.4. The van der Waals surface area contributed by atoms with Crippen LogP contribution in [0, 0.1) is 0 Å². The largest absolute Gasteiger partial charge is 0.390 e. The van der Waals surface area contributed by atoms with Crippen LogP contribution in [-0.4, -0.2) is 66.8 Å². The summed E-state index contributed by atoms with van der Waals surface area (Å²) in [5, 5.41) is 10.2. The summed E-state index contributed by atoms with van der Waals surface area (Å²) in [5.74, 6) is 0.160. The number of carbonyl (C=O) groups excluding carboxylic acids is 1. The first-order valence-electron chi connectivity index (χ1n) is 8.90. The van der Waals surface area contributed by atoms with Crippen LogP contribution in [0.4, 0.5) is 0 Å². The number of aliphatic hydroxyl groups excluding tert-OH is 1. The van der Waals surface area contributed by atoms with Gasteiger partial charge in [0.25, 0.3) is 0 Å². The maximum Gasteiger partial charge on any atom is 0.222 e. The van der Waals surface area contributed by atoms with E-state index in [-0.39, 0.29) is 5.91 Å². The molecule has 0 spiro atoms. The molecule has 0 aliphatic carbocycles. The van der Waals surface area contributed by atoms with Crippen molar-refractivity contribution in [2.45, 2.75) is 38.3 Å². The van der Waals surface area contributed by atoms with Gasteiger partial charge in [-0.3, -0.25) is 9.69 Å². The number of unbranched alkanes of at least 4 members (excludes halogenated alkanes) is 2. The molecule has 2 rings (SSSR count). The van der Waals surface area contributed by atoms with E-state index in [0.717, 1.165) is 39.0 Å². The summed E-state index contributed by atoms with van der Waals surface area (Å²) >= 11 is 0. The zero-order valence-corrected chi connectivity index (χ0v) is 14.7. The number of aliphatic hydroxyl groups is 1. The highest BCUT2D eigenvalue weighted by Crippen LogP contribution is 2.11. The van der Waals surface area contributed by atoms with Gasteiger partial charge >= 0.3 is 0 Å². The normalized spacial score (nSPS) is 19.2. The first-order chi connectivity index (χ1) is 11.7. The van der Waals surface area contributed by atoms with E-state index >= 15 is 0 Å². The minimum absolute atomic E-state index is 0.160. The number of carbonyl (C=O) groups is 1. The molecule has 1 aliphatic heterocycles. The third kappa shape index (κ3) is 6.59. The summed E-state index contributed by atoms with van der Waals surface area (Å²) in [6.45, 7) is 4.14.